The number of hydrogen-bond acceptors (Lipinski definition) is 3. The largest absolute Gasteiger partial charge is 0.393 e. The van der Waals surface area contributed by atoms with Crippen molar-refractivity contribution < 1.29 is 9.90 Å². The standard InChI is InChI=1S/C15H24N2O2/c1-12(18)13-6-5-9-17(10-13)14(19)15(11-16)7-3-2-4-8-15/h12-13,18H,2-10H2,1H3. The molecule has 1 heterocycles. The van der Waals surface area contributed by atoms with Crippen LogP contribution in [0.2, 0.25) is 0 Å². The van der Waals surface area contributed by atoms with E-state index in [1.807, 2.05) is 4.90 Å². The summed E-state index contributed by atoms with van der Waals surface area (Å²) in [6, 6.07) is 2.30. The second-order valence-electron chi connectivity index (χ2n) is 6.15. The molecule has 0 aromatic rings. The number of likely N-dealkylation sites (tertiary alicyclic amines) is 1. The zero-order valence-corrected chi connectivity index (χ0v) is 11.8. The van der Waals surface area contributed by atoms with E-state index in [1.54, 1.807) is 6.92 Å². The van der Waals surface area contributed by atoms with E-state index >= 15 is 0 Å². The molecule has 1 saturated heterocycles. The van der Waals surface area contributed by atoms with Gasteiger partial charge in [0, 0.05) is 19.0 Å². The molecule has 0 spiro atoms. The summed E-state index contributed by atoms with van der Waals surface area (Å²) in [5.41, 5.74) is -0.779. The van der Waals surface area contributed by atoms with E-state index in [1.165, 1.54) is 0 Å². The van der Waals surface area contributed by atoms with Gasteiger partial charge in [0.25, 0.3) is 0 Å². The summed E-state index contributed by atoms with van der Waals surface area (Å²) in [6.45, 7) is 3.14. The van der Waals surface area contributed by atoms with Gasteiger partial charge in [0.05, 0.1) is 12.2 Å². The first-order chi connectivity index (χ1) is 9.09. The third kappa shape index (κ3) is 2.92. The van der Waals surface area contributed by atoms with E-state index in [4.69, 9.17) is 0 Å². The van der Waals surface area contributed by atoms with E-state index in [-0.39, 0.29) is 17.9 Å². The summed E-state index contributed by atoms with van der Waals surface area (Å²) in [5.74, 6) is 0.178. The molecule has 0 aromatic carbocycles. The van der Waals surface area contributed by atoms with Gasteiger partial charge in [-0.3, -0.25) is 4.79 Å². The molecule has 0 aromatic heterocycles. The second-order valence-corrected chi connectivity index (χ2v) is 6.15. The fourth-order valence-corrected chi connectivity index (χ4v) is 3.42. The summed E-state index contributed by atoms with van der Waals surface area (Å²) >= 11 is 0. The zero-order valence-electron chi connectivity index (χ0n) is 11.8. The lowest BCUT2D eigenvalue weighted by Crippen LogP contribution is -2.49. The monoisotopic (exact) mass is 264 g/mol. The van der Waals surface area contributed by atoms with Gasteiger partial charge < -0.3 is 10.0 Å². The average Bonchev–Trinajstić information content (AvgIpc) is 2.47. The molecule has 4 heteroatoms. The fraction of sp³-hybridized carbons (Fsp3) is 0.867. The van der Waals surface area contributed by atoms with Crippen LogP contribution in [0.5, 0.6) is 0 Å². The molecule has 106 valence electrons. The predicted octanol–water partition coefficient (Wildman–Crippen LogP) is 2.08. The van der Waals surface area contributed by atoms with Crippen LogP contribution in [-0.4, -0.2) is 35.1 Å². The molecule has 1 N–H and O–H groups in total. The van der Waals surface area contributed by atoms with Crippen molar-refractivity contribution in [1.29, 1.82) is 5.26 Å². The first-order valence-electron chi connectivity index (χ1n) is 7.48. The van der Waals surface area contributed by atoms with Crippen LogP contribution in [0.25, 0.3) is 0 Å². The molecular weight excluding hydrogens is 240 g/mol. The van der Waals surface area contributed by atoms with Crippen LogP contribution >= 0.6 is 0 Å². The Labute approximate surface area is 115 Å². The number of carbonyl (C=O) groups is 1. The highest BCUT2D eigenvalue weighted by Gasteiger charge is 2.43. The maximum absolute atomic E-state index is 12.7. The molecule has 2 rings (SSSR count). The van der Waals surface area contributed by atoms with Crippen molar-refractivity contribution >= 4 is 5.91 Å². The molecule has 0 bridgehead atoms. The Morgan fingerprint density at radius 1 is 1.37 bits per heavy atom. The minimum Gasteiger partial charge on any atom is -0.393 e. The van der Waals surface area contributed by atoms with Gasteiger partial charge in [-0.1, -0.05) is 19.3 Å². The van der Waals surface area contributed by atoms with Crippen LogP contribution in [0.3, 0.4) is 0 Å². The molecule has 1 amide bonds. The lowest BCUT2D eigenvalue weighted by molar-refractivity contribution is -0.143. The Morgan fingerprint density at radius 3 is 2.63 bits per heavy atom. The molecule has 2 atom stereocenters. The van der Waals surface area contributed by atoms with Gasteiger partial charge in [-0.05, 0) is 32.6 Å². The smallest absolute Gasteiger partial charge is 0.243 e. The molecule has 1 saturated carbocycles. The number of carbonyl (C=O) groups excluding carboxylic acids is 1. The maximum Gasteiger partial charge on any atom is 0.243 e. The van der Waals surface area contributed by atoms with Crippen molar-refractivity contribution in [3.05, 3.63) is 0 Å². The van der Waals surface area contributed by atoms with Gasteiger partial charge >= 0.3 is 0 Å². The van der Waals surface area contributed by atoms with Crippen molar-refractivity contribution in [3.63, 3.8) is 0 Å². The summed E-state index contributed by atoms with van der Waals surface area (Å²) in [5, 5.41) is 19.2. The molecule has 1 aliphatic carbocycles. The molecule has 0 radical (unpaired) electrons. The van der Waals surface area contributed by atoms with E-state index < -0.39 is 5.41 Å². The molecule has 2 unspecified atom stereocenters. The van der Waals surface area contributed by atoms with Crippen LogP contribution in [0.4, 0.5) is 0 Å². The van der Waals surface area contributed by atoms with Crippen LogP contribution in [0.1, 0.15) is 51.9 Å². The predicted molar refractivity (Wildman–Crippen MR) is 72.1 cm³/mol. The summed E-state index contributed by atoms with van der Waals surface area (Å²) in [4.78, 5) is 14.5. The zero-order chi connectivity index (χ0) is 13.9. The third-order valence-electron chi connectivity index (χ3n) is 4.76. The lowest BCUT2D eigenvalue weighted by Gasteiger charge is -2.39. The van der Waals surface area contributed by atoms with E-state index in [9.17, 15) is 15.2 Å². The van der Waals surface area contributed by atoms with Crippen molar-refractivity contribution in [1.82, 2.24) is 4.90 Å². The first kappa shape index (κ1) is 14.3. The summed E-state index contributed by atoms with van der Waals surface area (Å²) in [6.07, 6.45) is 6.03. The molecule has 4 nitrogen and oxygen atoms in total. The molecule has 1 aliphatic heterocycles. The topological polar surface area (TPSA) is 64.3 Å². The maximum atomic E-state index is 12.7. The number of aliphatic hydroxyl groups excluding tert-OH is 1. The Kier molecular flexibility index (Phi) is 4.46. The van der Waals surface area contributed by atoms with Crippen LogP contribution < -0.4 is 0 Å². The fourth-order valence-electron chi connectivity index (χ4n) is 3.42. The number of amides is 1. The third-order valence-corrected chi connectivity index (χ3v) is 4.76. The quantitative estimate of drug-likeness (QED) is 0.830. The van der Waals surface area contributed by atoms with Gasteiger partial charge in [-0.15, -0.1) is 0 Å². The number of piperidine rings is 1. The first-order valence-corrected chi connectivity index (χ1v) is 7.48. The number of nitrogens with zero attached hydrogens (tertiary/aromatic N) is 2. The van der Waals surface area contributed by atoms with E-state index in [2.05, 4.69) is 6.07 Å². The Hall–Kier alpha value is -1.08. The van der Waals surface area contributed by atoms with Crippen molar-refractivity contribution in [2.75, 3.05) is 13.1 Å². The van der Waals surface area contributed by atoms with Crippen LogP contribution in [0.15, 0.2) is 0 Å². The van der Waals surface area contributed by atoms with Gasteiger partial charge in [-0.2, -0.15) is 5.26 Å². The number of nitriles is 1. The second kappa shape index (κ2) is 5.92. The number of hydrogen-bond donors (Lipinski definition) is 1. The van der Waals surface area contributed by atoms with Crippen molar-refractivity contribution in [2.24, 2.45) is 11.3 Å². The normalized spacial score (nSPS) is 28.5. The summed E-state index contributed by atoms with van der Waals surface area (Å²) < 4.78 is 0. The highest BCUT2D eigenvalue weighted by Crippen LogP contribution is 2.38. The van der Waals surface area contributed by atoms with Crippen LogP contribution in [0, 0.1) is 22.7 Å². The molecule has 2 fully saturated rings. The average molecular weight is 264 g/mol. The van der Waals surface area contributed by atoms with Crippen LogP contribution in [-0.2, 0) is 4.79 Å². The SMILES string of the molecule is CC(O)C1CCCN(C(=O)C2(C#N)CCCCC2)C1. The Morgan fingerprint density at radius 2 is 2.05 bits per heavy atom. The highest BCUT2D eigenvalue weighted by atomic mass is 16.3. The lowest BCUT2D eigenvalue weighted by atomic mass is 9.73. The molecule has 19 heavy (non-hydrogen) atoms. The molecular formula is C15H24N2O2. The molecule has 2 aliphatic rings. The van der Waals surface area contributed by atoms with E-state index in [0.717, 1.165) is 38.6 Å². The summed E-state index contributed by atoms with van der Waals surface area (Å²) in [7, 11) is 0. The number of rotatable bonds is 2. The van der Waals surface area contributed by atoms with E-state index in [0.29, 0.717) is 19.4 Å². The van der Waals surface area contributed by atoms with Crippen molar-refractivity contribution in [3.8, 4) is 6.07 Å². The Balaban J connectivity index is 2.07. The van der Waals surface area contributed by atoms with Gasteiger partial charge in [0.15, 0.2) is 0 Å². The number of aliphatic hydroxyl groups is 1. The van der Waals surface area contributed by atoms with Gasteiger partial charge in [0.2, 0.25) is 5.91 Å². The minimum absolute atomic E-state index is 0.0139. The van der Waals surface area contributed by atoms with Gasteiger partial charge in [0.1, 0.15) is 5.41 Å². The van der Waals surface area contributed by atoms with Crippen molar-refractivity contribution in [2.45, 2.75) is 58.0 Å². The minimum atomic E-state index is -0.779. The highest BCUT2D eigenvalue weighted by molar-refractivity contribution is 5.85. The Bertz CT molecular complexity index is 367. The van der Waals surface area contributed by atoms with Gasteiger partial charge in [-0.25, -0.2) is 0 Å².